The van der Waals surface area contributed by atoms with E-state index in [1.54, 1.807) is 0 Å². The molecular weight excluding hydrogens is 266 g/mol. The van der Waals surface area contributed by atoms with Crippen LogP contribution < -0.4 is 10.1 Å². The Bertz CT molecular complexity index is 442. The van der Waals surface area contributed by atoms with Crippen LogP contribution in [0.2, 0.25) is 0 Å². The first-order valence-electron chi connectivity index (χ1n) is 7.83. The second-order valence-electron chi connectivity index (χ2n) is 6.25. The first-order valence-corrected chi connectivity index (χ1v) is 8.82. The molecule has 2 unspecified atom stereocenters. The minimum absolute atomic E-state index is 0.304. The highest BCUT2D eigenvalue weighted by atomic mass is 32.2. The summed E-state index contributed by atoms with van der Waals surface area (Å²) in [6, 6.07) is 8.91. The molecule has 0 bridgehead atoms. The van der Waals surface area contributed by atoms with Gasteiger partial charge in [0.1, 0.15) is 11.9 Å². The van der Waals surface area contributed by atoms with Gasteiger partial charge in [-0.15, -0.1) is 11.8 Å². The third kappa shape index (κ3) is 2.99. The fourth-order valence-electron chi connectivity index (χ4n) is 3.58. The molecule has 2 nitrogen and oxygen atoms in total. The summed E-state index contributed by atoms with van der Waals surface area (Å²) in [7, 11) is 2.09. The van der Waals surface area contributed by atoms with Crippen molar-refractivity contribution in [2.24, 2.45) is 11.8 Å². The monoisotopic (exact) mass is 291 g/mol. The summed E-state index contributed by atoms with van der Waals surface area (Å²) in [6.45, 7) is 2.38. The molecule has 1 aromatic carbocycles. The number of hydrogen-bond donors (Lipinski definition) is 1. The van der Waals surface area contributed by atoms with Gasteiger partial charge in [0.15, 0.2) is 0 Å². The van der Waals surface area contributed by atoms with Gasteiger partial charge in [-0.25, -0.2) is 0 Å². The number of thioether (sulfide) groups is 1. The molecule has 3 heteroatoms. The number of hydrogen-bond acceptors (Lipinski definition) is 3. The van der Waals surface area contributed by atoms with Crippen molar-refractivity contribution in [2.45, 2.75) is 49.6 Å². The molecule has 0 spiro atoms. The Kier molecular flexibility index (Phi) is 4.57. The van der Waals surface area contributed by atoms with Gasteiger partial charge in [0, 0.05) is 16.7 Å². The van der Waals surface area contributed by atoms with Crippen LogP contribution in [0, 0.1) is 11.8 Å². The fourth-order valence-corrected chi connectivity index (χ4v) is 4.64. The number of rotatable bonds is 3. The largest absolute Gasteiger partial charge is 0.487 e. The van der Waals surface area contributed by atoms with E-state index in [9.17, 15) is 0 Å². The van der Waals surface area contributed by atoms with Gasteiger partial charge >= 0.3 is 0 Å². The predicted octanol–water partition coefficient (Wildman–Crippen LogP) is 3.95. The van der Waals surface area contributed by atoms with E-state index in [0.29, 0.717) is 12.1 Å². The molecule has 20 heavy (non-hydrogen) atoms. The lowest BCUT2D eigenvalue weighted by atomic mass is 9.78. The highest BCUT2D eigenvalue weighted by Gasteiger charge is 2.34. The zero-order valence-corrected chi connectivity index (χ0v) is 13.3. The third-order valence-corrected chi connectivity index (χ3v) is 5.98. The maximum absolute atomic E-state index is 6.28. The van der Waals surface area contributed by atoms with Crippen LogP contribution in [0.15, 0.2) is 29.2 Å². The van der Waals surface area contributed by atoms with E-state index in [0.717, 1.165) is 23.3 Å². The molecule has 1 fully saturated rings. The molecule has 2 aliphatic rings. The molecule has 3 rings (SSSR count). The molecule has 0 saturated heterocycles. The third-order valence-electron chi connectivity index (χ3n) is 4.83. The Morgan fingerprint density at radius 3 is 2.70 bits per heavy atom. The Morgan fingerprint density at radius 2 is 1.95 bits per heavy atom. The molecular formula is C17H25NOS. The molecule has 0 amide bonds. The first kappa shape index (κ1) is 14.3. The lowest BCUT2D eigenvalue weighted by Crippen LogP contribution is -2.49. The fraction of sp³-hybridized carbons (Fsp3) is 0.647. The summed E-state index contributed by atoms with van der Waals surface area (Å²) < 4.78 is 6.28. The summed E-state index contributed by atoms with van der Waals surface area (Å²) >= 11 is 1.94. The summed E-state index contributed by atoms with van der Waals surface area (Å²) in [5, 5.41) is 3.55. The van der Waals surface area contributed by atoms with Crippen molar-refractivity contribution in [1.29, 1.82) is 0 Å². The molecule has 1 aliphatic heterocycles. The Balaban J connectivity index is 1.68. The van der Waals surface area contributed by atoms with Gasteiger partial charge in [0.25, 0.3) is 0 Å². The average Bonchev–Trinajstić information content (AvgIpc) is 2.50. The molecule has 1 aliphatic carbocycles. The van der Waals surface area contributed by atoms with Gasteiger partial charge in [-0.1, -0.05) is 31.9 Å². The number of nitrogens with one attached hydrogen (secondary N) is 1. The van der Waals surface area contributed by atoms with Crippen molar-refractivity contribution in [2.75, 3.05) is 12.8 Å². The van der Waals surface area contributed by atoms with Crippen molar-refractivity contribution in [3.8, 4) is 5.75 Å². The van der Waals surface area contributed by atoms with Crippen molar-refractivity contribution in [3.63, 3.8) is 0 Å². The lowest BCUT2D eigenvalue weighted by molar-refractivity contribution is 0.112. The zero-order valence-electron chi connectivity index (χ0n) is 12.5. The predicted molar refractivity (Wildman–Crippen MR) is 85.6 cm³/mol. The quantitative estimate of drug-likeness (QED) is 0.911. The van der Waals surface area contributed by atoms with Crippen molar-refractivity contribution in [3.05, 3.63) is 24.3 Å². The minimum Gasteiger partial charge on any atom is -0.487 e. The van der Waals surface area contributed by atoms with Gasteiger partial charge in [0.2, 0.25) is 0 Å². The molecule has 1 heterocycles. The van der Waals surface area contributed by atoms with Crippen LogP contribution in [0.1, 0.15) is 32.6 Å². The van der Waals surface area contributed by atoms with E-state index in [4.69, 9.17) is 4.74 Å². The van der Waals surface area contributed by atoms with Crippen LogP contribution in [0.25, 0.3) is 0 Å². The van der Waals surface area contributed by atoms with Gasteiger partial charge in [-0.2, -0.15) is 0 Å². The smallest absolute Gasteiger partial charge is 0.133 e. The molecule has 2 atom stereocenters. The van der Waals surface area contributed by atoms with Crippen LogP contribution in [0.5, 0.6) is 5.75 Å². The Labute approximate surface area is 126 Å². The van der Waals surface area contributed by atoms with Crippen molar-refractivity contribution in [1.82, 2.24) is 5.32 Å². The van der Waals surface area contributed by atoms with E-state index in [2.05, 4.69) is 43.6 Å². The van der Waals surface area contributed by atoms with Gasteiger partial charge in [-0.3, -0.25) is 0 Å². The molecule has 110 valence electrons. The lowest BCUT2D eigenvalue weighted by Gasteiger charge is -2.38. The molecule has 1 saturated carbocycles. The summed E-state index contributed by atoms with van der Waals surface area (Å²) in [6.07, 6.45) is 5.74. The van der Waals surface area contributed by atoms with E-state index in [1.165, 1.54) is 30.6 Å². The van der Waals surface area contributed by atoms with Crippen LogP contribution in [0.4, 0.5) is 0 Å². The van der Waals surface area contributed by atoms with E-state index in [-0.39, 0.29) is 0 Å². The highest BCUT2D eigenvalue weighted by Crippen LogP contribution is 2.39. The van der Waals surface area contributed by atoms with Crippen LogP contribution in [-0.2, 0) is 0 Å². The zero-order chi connectivity index (χ0) is 13.9. The molecule has 0 radical (unpaired) electrons. The summed E-state index contributed by atoms with van der Waals surface area (Å²) in [5.74, 6) is 3.81. The Morgan fingerprint density at radius 1 is 1.20 bits per heavy atom. The molecule has 1 aromatic rings. The maximum Gasteiger partial charge on any atom is 0.133 e. The number of ether oxygens (including phenoxy) is 1. The second-order valence-corrected chi connectivity index (χ2v) is 7.31. The number of benzene rings is 1. The van der Waals surface area contributed by atoms with Crippen molar-refractivity contribution < 1.29 is 4.74 Å². The van der Waals surface area contributed by atoms with Crippen LogP contribution in [-0.4, -0.2) is 24.9 Å². The molecule has 0 aromatic heterocycles. The topological polar surface area (TPSA) is 21.3 Å². The van der Waals surface area contributed by atoms with Gasteiger partial charge < -0.3 is 10.1 Å². The average molecular weight is 291 g/mol. The van der Waals surface area contributed by atoms with E-state index >= 15 is 0 Å². The second kappa shape index (κ2) is 6.40. The number of para-hydroxylation sites is 1. The Hall–Kier alpha value is -0.670. The van der Waals surface area contributed by atoms with Gasteiger partial charge in [0.05, 0.1) is 0 Å². The first-order chi connectivity index (χ1) is 9.78. The van der Waals surface area contributed by atoms with Crippen LogP contribution in [0.3, 0.4) is 0 Å². The minimum atomic E-state index is 0.304. The normalized spacial score (nSPS) is 31.2. The number of fused-ring (bicyclic) bond motifs is 1. The highest BCUT2D eigenvalue weighted by molar-refractivity contribution is 7.99. The van der Waals surface area contributed by atoms with Crippen LogP contribution >= 0.6 is 11.8 Å². The summed E-state index contributed by atoms with van der Waals surface area (Å²) in [4.78, 5) is 1.29. The summed E-state index contributed by atoms with van der Waals surface area (Å²) in [5.41, 5.74) is 0. The van der Waals surface area contributed by atoms with Crippen molar-refractivity contribution >= 4 is 11.8 Å². The van der Waals surface area contributed by atoms with E-state index < -0.39 is 0 Å². The van der Waals surface area contributed by atoms with Gasteiger partial charge in [-0.05, 0) is 43.9 Å². The SMILES string of the molecule is CNC(C1CCC(C)CC1)C1CSc2ccccc2O1. The van der Waals surface area contributed by atoms with E-state index in [1.807, 2.05) is 11.8 Å². The standard InChI is InChI=1S/C17H25NOS/c1-12-7-9-13(10-8-12)17(18-2)15-11-20-16-6-4-3-5-14(16)19-15/h3-6,12-13,15,17-18H,7-11H2,1-2H3. The molecule has 1 N–H and O–H groups in total. The maximum atomic E-state index is 6.28. The number of likely N-dealkylation sites (N-methyl/N-ethyl adjacent to an activating group) is 1.